The largest absolute Gasteiger partial charge is 0.496 e. The minimum absolute atomic E-state index is 0.00766. The summed E-state index contributed by atoms with van der Waals surface area (Å²) in [6.45, 7) is 6.05. The van der Waals surface area contributed by atoms with Gasteiger partial charge in [0, 0.05) is 31.7 Å². The van der Waals surface area contributed by atoms with Crippen molar-refractivity contribution in [1.29, 1.82) is 0 Å². The number of hydrogen-bond donors (Lipinski definition) is 2. The molecule has 0 radical (unpaired) electrons. The Morgan fingerprint density at radius 1 is 0.925 bits per heavy atom. The number of nitrogens with zero attached hydrogens (tertiary/aromatic N) is 2. The summed E-state index contributed by atoms with van der Waals surface area (Å²) in [4.78, 5) is 42.3. The summed E-state index contributed by atoms with van der Waals surface area (Å²) in [5.74, 6) is -0.425. The van der Waals surface area contributed by atoms with Crippen molar-refractivity contribution in [3.8, 4) is 5.75 Å². The van der Waals surface area contributed by atoms with Crippen LogP contribution in [0.1, 0.15) is 43.6 Å². The zero-order valence-corrected chi connectivity index (χ0v) is 23.5. The normalized spacial score (nSPS) is 12.9. The number of nitrogens with one attached hydrogen (secondary N) is 2. The molecule has 10 heteroatoms. The molecule has 0 spiro atoms. The molecule has 208 valence electrons. The SMILES string of the molecule is CCOC(=O)c1ccc(N2CCN(C(=O)c3ccccc3)CC2)c(NC(=S)NC(=O)c2cccc(C)c2OC)c1. The highest BCUT2D eigenvalue weighted by atomic mass is 32.1. The van der Waals surface area contributed by atoms with Gasteiger partial charge in [0.2, 0.25) is 0 Å². The van der Waals surface area contributed by atoms with Gasteiger partial charge in [-0.1, -0.05) is 30.3 Å². The van der Waals surface area contributed by atoms with Gasteiger partial charge in [-0.2, -0.15) is 0 Å². The second-order valence-electron chi connectivity index (χ2n) is 9.16. The fraction of sp³-hybridized carbons (Fsp3) is 0.267. The second-order valence-corrected chi connectivity index (χ2v) is 9.57. The zero-order chi connectivity index (χ0) is 28.6. The van der Waals surface area contributed by atoms with E-state index in [2.05, 4.69) is 15.5 Å². The molecule has 0 bridgehead atoms. The Morgan fingerprint density at radius 3 is 2.33 bits per heavy atom. The van der Waals surface area contributed by atoms with E-state index in [0.717, 1.165) is 11.3 Å². The van der Waals surface area contributed by atoms with Crippen LogP contribution in [-0.4, -0.2) is 67.7 Å². The molecule has 0 atom stereocenters. The van der Waals surface area contributed by atoms with Crippen molar-refractivity contribution in [2.75, 3.05) is 50.1 Å². The number of anilines is 2. The van der Waals surface area contributed by atoms with Gasteiger partial charge in [-0.25, -0.2) is 4.79 Å². The van der Waals surface area contributed by atoms with E-state index in [0.29, 0.717) is 54.3 Å². The molecule has 2 N–H and O–H groups in total. The maximum atomic E-state index is 13.0. The summed E-state index contributed by atoms with van der Waals surface area (Å²) in [6.07, 6.45) is 0. The molecule has 3 aromatic carbocycles. The number of amides is 2. The molecular weight excluding hydrogens is 528 g/mol. The van der Waals surface area contributed by atoms with E-state index < -0.39 is 11.9 Å². The number of carbonyl (C=O) groups excluding carboxylic acids is 3. The first-order valence-electron chi connectivity index (χ1n) is 13.0. The van der Waals surface area contributed by atoms with E-state index >= 15 is 0 Å². The molecule has 0 aliphatic carbocycles. The Balaban J connectivity index is 1.52. The number of methoxy groups -OCH3 is 1. The van der Waals surface area contributed by atoms with Crippen molar-refractivity contribution in [3.05, 3.63) is 89.0 Å². The predicted octanol–water partition coefficient (Wildman–Crippen LogP) is 4.27. The molecule has 4 rings (SSSR count). The molecule has 1 aliphatic heterocycles. The van der Waals surface area contributed by atoms with Gasteiger partial charge in [-0.15, -0.1) is 0 Å². The standard InChI is InChI=1S/C30H32N4O5S/c1-4-39-29(37)22-13-14-25(33-15-17-34(18-16-33)28(36)21-10-6-5-7-11-21)24(19-22)31-30(40)32-27(35)23-12-8-9-20(2)26(23)38-3/h5-14,19H,4,15-18H2,1-3H3,(H2,31,32,35,40). The van der Waals surface area contributed by atoms with Crippen LogP contribution in [0.4, 0.5) is 11.4 Å². The van der Waals surface area contributed by atoms with E-state index in [4.69, 9.17) is 21.7 Å². The van der Waals surface area contributed by atoms with Crippen LogP contribution >= 0.6 is 12.2 Å². The Morgan fingerprint density at radius 2 is 1.65 bits per heavy atom. The molecule has 0 saturated carbocycles. The Hall–Kier alpha value is -4.44. The van der Waals surface area contributed by atoms with E-state index in [9.17, 15) is 14.4 Å². The number of hydrogen-bond acceptors (Lipinski definition) is 7. The molecule has 0 aromatic heterocycles. The van der Waals surface area contributed by atoms with Crippen LogP contribution in [0.25, 0.3) is 0 Å². The van der Waals surface area contributed by atoms with Crippen molar-refractivity contribution < 1.29 is 23.9 Å². The van der Waals surface area contributed by atoms with Gasteiger partial charge >= 0.3 is 5.97 Å². The molecule has 9 nitrogen and oxygen atoms in total. The number of carbonyl (C=O) groups is 3. The number of para-hydroxylation sites is 1. The lowest BCUT2D eigenvalue weighted by molar-refractivity contribution is 0.0526. The van der Waals surface area contributed by atoms with Gasteiger partial charge in [0.25, 0.3) is 11.8 Å². The molecule has 1 heterocycles. The maximum Gasteiger partial charge on any atom is 0.338 e. The summed E-state index contributed by atoms with van der Waals surface area (Å²) in [5, 5.41) is 5.85. The first-order chi connectivity index (χ1) is 19.3. The van der Waals surface area contributed by atoms with Crippen LogP contribution in [0, 0.1) is 6.92 Å². The van der Waals surface area contributed by atoms with E-state index in [1.54, 1.807) is 31.2 Å². The monoisotopic (exact) mass is 560 g/mol. The lowest BCUT2D eigenvalue weighted by Crippen LogP contribution is -2.49. The van der Waals surface area contributed by atoms with E-state index in [1.807, 2.05) is 54.3 Å². The summed E-state index contributed by atoms with van der Waals surface area (Å²) in [6, 6.07) is 19.7. The fourth-order valence-corrected chi connectivity index (χ4v) is 4.80. The third-order valence-corrected chi connectivity index (χ3v) is 6.78. The smallest absolute Gasteiger partial charge is 0.338 e. The highest BCUT2D eigenvalue weighted by molar-refractivity contribution is 7.80. The number of rotatable bonds is 7. The van der Waals surface area contributed by atoms with Crippen LogP contribution in [0.15, 0.2) is 66.7 Å². The number of aryl methyl sites for hydroxylation is 1. The topological polar surface area (TPSA) is 100 Å². The zero-order valence-electron chi connectivity index (χ0n) is 22.7. The molecule has 1 saturated heterocycles. The molecular formula is C30H32N4O5S. The summed E-state index contributed by atoms with van der Waals surface area (Å²) >= 11 is 5.48. The van der Waals surface area contributed by atoms with Crippen LogP contribution < -0.4 is 20.3 Å². The molecule has 2 amide bonds. The minimum atomic E-state index is -0.463. The van der Waals surface area contributed by atoms with Crippen molar-refractivity contribution in [2.45, 2.75) is 13.8 Å². The second kappa shape index (κ2) is 13.1. The average molecular weight is 561 g/mol. The molecule has 40 heavy (non-hydrogen) atoms. The fourth-order valence-electron chi connectivity index (χ4n) is 4.59. The maximum absolute atomic E-state index is 13.0. The Kier molecular flexibility index (Phi) is 9.34. The van der Waals surface area contributed by atoms with Crippen molar-refractivity contribution in [3.63, 3.8) is 0 Å². The van der Waals surface area contributed by atoms with Gasteiger partial charge in [0.15, 0.2) is 5.11 Å². The number of esters is 1. The number of thiocarbonyl (C=S) groups is 1. The third-order valence-electron chi connectivity index (χ3n) is 6.57. The van der Waals surface area contributed by atoms with Gasteiger partial charge in [-0.05, 0) is 68.0 Å². The van der Waals surface area contributed by atoms with Crippen LogP contribution in [0.5, 0.6) is 5.75 Å². The van der Waals surface area contributed by atoms with E-state index in [-0.39, 0.29) is 17.6 Å². The molecule has 1 fully saturated rings. The van der Waals surface area contributed by atoms with Crippen molar-refractivity contribution >= 4 is 46.5 Å². The highest BCUT2D eigenvalue weighted by Crippen LogP contribution is 2.29. The van der Waals surface area contributed by atoms with Crippen molar-refractivity contribution in [2.24, 2.45) is 0 Å². The first-order valence-corrected chi connectivity index (χ1v) is 13.4. The number of benzene rings is 3. The first kappa shape index (κ1) is 28.6. The van der Waals surface area contributed by atoms with Crippen molar-refractivity contribution in [1.82, 2.24) is 10.2 Å². The summed E-state index contributed by atoms with van der Waals surface area (Å²) in [7, 11) is 1.51. The molecule has 1 aliphatic rings. The lowest BCUT2D eigenvalue weighted by Gasteiger charge is -2.37. The molecule has 0 unspecified atom stereocenters. The minimum Gasteiger partial charge on any atom is -0.496 e. The van der Waals surface area contributed by atoms with Gasteiger partial charge < -0.3 is 24.6 Å². The lowest BCUT2D eigenvalue weighted by atomic mass is 10.1. The third kappa shape index (κ3) is 6.58. The van der Waals surface area contributed by atoms with Crippen LogP contribution in [0.2, 0.25) is 0 Å². The summed E-state index contributed by atoms with van der Waals surface area (Å²) < 4.78 is 10.6. The Bertz CT molecular complexity index is 1400. The number of ether oxygens (including phenoxy) is 2. The van der Waals surface area contributed by atoms with Gasteiger partial charge in [0.05, 0.1) is 36.2 Å². The summed E-state index contributed by atoms with van der Waals surface area (Å²) in [5.41, 5.74) is 3.50. The Labute approximate surface area is 239 Å². The predicted molar refractivity (Wildman–Crippen MR) is 158 cm³/mol. The van der Waals surface area contributed by atoms with Crippen LogP contribution in [-0.2, 0) is 4.74 Å². The number of piperazine rings is 1. The van der Waals surface area contributed by atoms with Crippen LogP contribution in [0.3, 0.4) is 0 Å². The highest BCUT2D eigenvalue weighted by Gasteiger charge is 2.25. The molecule has 3 aromatic rings. The van der Waals surface area contributed by atoms with Gasteiger partial charge in [-0.3, -0.25) is 14.9 Å². The average Bonchev–Trinajstić information content (AvgIpc) is 2.97. The van der Waals surface area contributed by atoms with E-state index in [1.165, 1.54) is 7.11 Å². The van der Waals surface area contributed by atoms with Gasteiger partial charge in [0.1, 0.15) is 5.75 Å². The quantitative estimate of drug-likeness (QED) is 0.327.